The molecule has 1 aromatic rings. The molecule has 0 aliphatic rings. The van der Waals surface area contributed by atoms with Crippen molar-refractivity contribution in [3.8, 4) is 0 Å². The van der Waals surface area contributed by atoms with Crippen LogP contribution in [0.1, 0.15) is 15.9 Å². The van der Waals surface area contributed by atoms with Crippen molar-refractivity contribution in [2.24, 2.45) is 16.2 Å². The Balaban J connectivity index is 3.33. The largest absolute Gasteiger partial charge is 0.478 e. The number of hydrogen-bond donors (Lipinski definition) is 2. The second-order valence-corrected chi connectivity index (χ2v) is 2.49. The third-order valence-corrected chi connectivity index (χ3v) is 1.63. The maximum Gasteiger partial charge on any atom is 0.337 e. The summed E-state index contributed by atoms with van der Waals surface area (Å²) in [5.41, 5.74) is 1.14. The normalized spacial score (nSPS) is 10.5. The van der Waals surface area contributed by atoms with Crippen molar-refractivity contribution in [2.45, 2.75) is 6.92 Å². The van der Waals surface area contributed by atoms with Gasteiger partial charge >= 0.3 is 5.97 Å². The van der Waals surface area contributed by atoms with Gasteiger partial charge in [-0.25, -0.2) is 4.79 Å². The van der Waals surface area contributed by atoms with Gasteiger partial charge in [-0.3, -0.25) is 0 Å². The molecule has 0 saturated carbocycles. The molecule has 0 fully saturated rings. The molecule has 3 N–H and O–H groups in total. The number of hydrogen-bond acceptors (Lipinski definition) is 3. The van der Waals surface area contributed by atoms with Crippen LogP contribution in [0, 0.1) is 6.92 Å². The molecule has 0 unspecified atom stereocenters. The van der Waals surface area contributed by atoms with E-state index < -0.39 is 5.97 Å². The highest BCUT2D eigenvalue weighted by molar-refractivity contribution is 5.94. The smallest absolute Gasteiger partial charge is 0.337 e. The van der Waals surface area contributed by atoms with Crippen molar-refractivity contribution >= 4 is 11.7 Å². The van der Waals surface area contributed by atoms with Gasteiger partial charge in [0.2, 0.25) is 0 Å². The summed E-state index contributed by atoms with van der Waals surface area (Å²) in [4.78, 5) is 10.7. The number of carboxylic acid groups (broad SMARTS) is 1. The van der Waals surface area contributed by atoms with Crippen molar-refractivity contribution in [1.82, 2.24) is 0 Å². The Morgan fingerprint density at radius 2 is 2.23 bits per heavy atom. The Kier molecular flexibility index (Phi) is 2.59. The van der Waals surface area contributed by atoms with Crippen molar-refractivity contribution in [3.05, 3.63) is 29.3 Å². The average Bonchev–Trinajstić information content (AvgIpc) is 2.08. The van der Waals surface area contributed by atoms with E-state index in [4.69, 9.17) is 10.9 Å². The Morgan fingerprint density at radius 3 is 2.77 bits per heavy atom. The quantitative estimate of drug-likeness (QED) is 0.411. The van der Waals surface area contributed by atoms with Crippen LogP contribution in [0.15, 0.2) is 28.5 Å². The standard InChI is InChI=1S/C8H9N3O2/c1-5-3-2-4-6(8(12)13)7(5)10-11-9/h2-4H,1H3,(H2,9,10)(H,12,13). The zero-order valence-corrected chi connectivity index (χ0v) is 7.06. The summed E-state index contributed by atoms with van der Waals surface area (Å²) in [5, 5.41) is 15.4. The van der Waals surface area contributed by atoms with Crippen LogP contribution >= 0.6 is 0 Å². The summed E-state index contributed by atoms with van der Waals surface area (Å²) in [6, 6.07) is 4.85. The lowest BCUT2D eigenvalue weighted by atomic mass is 10.1. The maximum absolute atomic E-state index is 10.7. The van der Waals surface area contributed by atoms with E-state index in [2.05, 4.69) is 10.3 Å². The van der Waals surface area contributed by atoms with Crippen LogP contribution in [0.4, 0.5) is 5.69 Å². The summed E-state index contributed by atoms with van der Waals surface area (Å²) < 4.78 is 0. The molecular weight excluding hydrogens is 170 g/mol. The zero-order chi connectivity index (χ0) is 9.84. The fraction of sp³-hybridized carbons (Fsp3) is 0.125. The number of carbonyl (C=O) groups is 1. The van der Waals surface area contributed by atoms with E-state index in [-0.39, 0.29) is 5.56 Å². The van der Waals surface area contributed by atoms with Gasteiger partial charge in [-0.05, 0) is 18.6 Å². The molecular formula is C8H9N3O2. The maximum atomic E-state index is 10.7. The van der Waals surface area contributed by atoms with Gasteiger partial charge in [0, 0.05) is 0 Å². The highest BCUT2D eigenvalue weighted by atomic mass is 16.4. The number of nitrogens with zero attached hydrogens (tertiary/aromatic N) is 2. The van der Waals surface area contributed by atoms with Gasteiger partial charge in [0.25, 0.3) is 0 Å². The highest BCUT2D eigenvalue weighted by Crippen LogP contribution is 2.23. The molecule has 0 aromatic heterocycles. The first-order valence-corrected chi connectivity index (χ1v) is 3.60. The van der Waals surface area contributed by atoms with Gasteiger partial charge in [0.15, 0.2) is 0 Å². The van der Waals surface area contributed by atoms with Gasteiger partial charge < -0.3 is 10.9 Å². The van der Waals surface area contributed by atoms with Gasteiger partial charge in [-0.1, -0.05) is 17.4 Å². The van der Waals surface area contributed by atoms with Crippen LogP contribution in [0.25, 0.3) is 0 Å². The third kappa shape index (κ3) is 1.81. The lowest BCUT2D eigenvalue weighted by Crippen LogP contribution is -1.97. The Hall–Kier alpha value is -1.91. The van der Waals surface area contributed by atoms with Crippen LogP contribution in [0.2, 0.25) is 0 Å². The molecule has 0 heterocycles. The zero-order valence-electron chi connectivity index (χ0n) is 7.06. The van der Waals surface area contributed by atoms with Crippen molar-refractivity contribution in [1.29, 1.82) is 0 Å². The molecule has 0 spiro atoms. The summed E-state index contributed by atoms with van der Waals surface area (Å²) in [7, 11) is 0. The van der Waals surface area contributed by atoms with Gasteiger partial charge in [0.1, 0.15) is 5.69 Å². The molecule has 68 valence electrons. The number of benzene rings is 1. The second-order valence-electron chi connectivity index (χ2n) is 2.49. The average molecular weight is 179 g/mol. The van der Waals surface area contributed by atoms with Crippen LogP contribution in [0.3, 0.4) is 0 Å². The molecule has 1 aromatic carbocycles. The molecule has 1 rings (SSSR count). The minimum atomic E-state index is -1.04. The summed E-state index contributed by atoms with van der Waals surface area (Å²) in [6.45, 7) is 1.75. The van der Waals surface area contributed by atoms with Gasteiger partial charge in [-0.2, -0.15) is 0 Å². The number of rotatable bonds is 2. The van der Waals surface area contributed by atoms with Crippen molar-refractivity contribution in [3.63, 3.8) is 0 Å². The van der Waals surface area contributed by atoms with Crippen molar-refractivity contribution < 1.29 is 9.90 Å². The number of aromatic carboxylic acids is 1. The van der Waals surface area contributed by atoms with E-state index in [9.17, 15) is 4.79 Å². The molecule has 5 nitrogen and oxygen atoms in total. The first kappa shape index (κ1) is 9.18. The molecule has 0 amide bonds. The van der Waals surface area contributed by atoms with E-state index in [0.29, 0.717) is 5.69 Å². The first-order chi connectivity index (χ1) is 6.16. The van der Waals surface area contributed by atoms with E-state index in [1.165, 1.54) is 6.07 Å². The van der Waals surface area contributed by atoms with Gasteiger partial charge in [0.05, 0.1) is 5.56 Å². The molecule has 0 atom stereocenters. The topological polar surface area (TPSA) is 88.0 Å². The number of carboxylic acids is 1. The first-order valence-electron chi connectivity index (χ1n) is 3.60. The Morgan fingerprint density at radius 1 is 1.54 bits per heavy atom. The molecule has 0 saturated heterocycles. The SMILES string of the molecule is Cc1cccc(C(=O)O)c1N=NN. The van der Waals surface area contributed by atoms with Crippen LogP contribution < -0.4 is 5.84 Å². The number of nitrogens with two attached hydrogens (primary N) is 1. The highest BCUT2D eigenvalue weighted by Gasteiger charge is 2.10. The lowest BCUT2D eigenvalue weighted by molar-refractivity contribution is 0.0697. The van der Waals surface area contributed by atoms with E-state index >= 15 is 0 Å². The van der Waals surface area contributed by atoms with Crippen LogP contribution in [-0.2, 0) is 0 Å². The predicted molar refractivity (Wildman–Crippen MR) is 46.8 cm³/mol. The van der Waals surface area contributed by atoms with Crippen LogP contribution in [0.5, 0.6) is 0 Å². The third-order valence-electron chi connectivity index (χ3n) is 1.63. The molecule has 0 aliphatic carbocycles. The minimum absolute atomic E-state index is 0.106. The summed E-state index contributed by atoms with van der Waals surface area (Å²) >= 11 is 0. The van der Waals surface area contributed by atoms with E-state index in [1.807, 2.05) is 0 Å². The molecule has 0 bridgehead atoms. The van der Waals surface area contributed by atoms with E-state index in [0.717, 1.165) is 5.56 Å². The number of aryl methyl sites for hydroxylation is 1. The minimum Gasteiger partial charge on any atom is -0.478 e. The molecule has 13 heavy (non-hydrogen) atoms. The monoisotopic (exact) mass is 179 g/mol. The van der Waals surface area contributed by atoms with Crippen LogP contribution in [-0.4, -0.2) is 11.1 Å². The molecule has 5 heteroatoms. The lowest BCUT2D eigenvalue weighted by Gasteiger charge is -2.01. The van der Waals surface area contributed by atoms with E-state index in [1.54, 1.807) is 19.1 Å². The summed E-state index contributed by atoms with van der Waals surface area (Å²) in [5.74, 6) is 3.83. The molecule has 0 radical (unpaired) electrons. The molecule has 0 aliphatic heterocycles. The second kappa shape index (κ2) is 3.66. The fourth-order valence-electron chi connectivity index (χ4n) is 1.02. The van der Waals surface area contributed by atoms with Crippen molar-refractivity contribution in [2.75, 3.05) is 0 Å². The Labute approximate surface area is 74.9 Å². The Bertz CT molecular complexity index is 360. The predicted octanol–water partition coefficient (Wildman–Crippen LogP) is 1.65. The summed E-state index contributed by atoms with van der Waals surface area (Å²) in [6.07, 6.45) is 0. The fourth-order valence-corrected chi connectivity index (χ4v) is 1.02. The van der Waals surface area contributed by atoms with Gasteiger partial charge in [-0.15, -0.1) is 5.11 Å².